The number of amides is 1. The van der Waals surface area contributed by atoms with E-state index in [0.717, 1.165) is 6.07 Å². The van der Waals surface area contributed by atoms with Gasteiger partial charge >= 0.3 is 0 Å². The van der Waals surface area contributed by atoms with Crippen molar-refractivity contribution in [3.63, 3.8) is 0 Å². The Bertz CT molecular complexity index is 615. The second kappa shape index (κ2) is 6.14. The van der Waals surface area contributed by atoms with Gasteiger partial charge in [-0.05, 0) is 23.8 Å². The van der Waals surface area contributed by atoms with Gasteiger partial charge in [0.2, 0.25) is 5.91 Å². The molecule has 103 valence electrons. The van der Waals surface area contributed by atoms with Gasteiger partial charge in [-0.25, -0.2) is 8.78 Å². The van der Waals surface area contributed by atoms with E-state index in [1.54, 1.807) is 30.3 Å². The lowest BCUT2D eigenvalue weighted by Gasteiger charge is -2.10. The molecular formula is C15H12F2NO2. The van der Waals surface area contributed by atoms with E-state index in [-0.39, 0.29) is 12.0 Å². The van der Waals surface area contributed by atoms with Gasteiger partial charge in [0.25, 0.3) is 0 Å². The third-order valence-corrected chi connectivity index (χ3v) is 2.57. The van der Waals surface area contributed by atoms with Crippen LogP contribution in [-0.2, 0) is 4.79 Å². The molecule has 0 atom stereocenters. The van der Waals surface area contributed by atoms with Gasteiger partial charge in [0.05, 0.1) is 0 Å². The summed E-state index contributed by atoms with van der Waals surface area (Å²) in [5, 5.41) is 0. The number of benzene rings is 2. The molecular weight excluding hydrogens is 264 g/mol. The van der Waals surface area contributed by atoms with Crippen LogP contribution in [0.2, 0.25) is 0 Å². The van der Waals surface area contributed by atoms with Gasteiger partial charge in [-0.2, -0.15) is 0 Å². The van der Waals surface area contributed by atoms with E-state index < -0.39 is 23.3 Å². The lowest BCUT2D eigenvalue weighted by molar-refractivity contribution is -0.117. The summed E-state index contributed by atoms with van der Waals surface area (Å²) in [6.07, 6.45) is 1.16. The highest BCUT2D eigenvalue weighted by atomic mass is 19.1. The third kappa shape index (κ3) is 3.32. The average molecular weight is 276 g/mol. The zero-order valence-electron chi connectivity index (χ0n) is 10.5. The lowest BCUT2D eigenvalue weighted by Crippen LogP contribution is -2.10. The average Bonchev–Trinajstić information content (AvgIpc) is 2.43. The molecule has 20 heavy (non-hydrogen) atoms. The zero-order valence-corrected chi connectivity index (χ0v) is 10.5. The summed E-state index contributed by atoms with van der Waals surface area (Å²) in [6.45, 7) is 0. The fourth-order valence-corrected chi connectivity index (χ4v) is 1.62. The normalized spacial score (nSPS) is 10.3. The molecule has 0 fully saturated rings. The van der Waals surface area contributed by atoms with E-state index in [4.69, 9.17) is 10.5 Å². The predicted molar refractivity (Wildman–Crippen MR) is 70.1 cm³/mol. The van der Waals surface area contributed by atoms with E-state index in [1.165, 1.54) is 12.5 Å². The Morgan fingerprint density at radius 1 is 1.15 bits per heavy atom. The minimum Gasteiger partial charge on any atom is -0.451 e. The molecule has 0 bridgehead atoms. The van der Waals surface area contributed by atoms with E-state index >= 15 is 0 Å². The van der Waals surface area contributed by atoms with Crippen molar-refractivity contribution in [3.05, 3.63) is 66.1 Å². The summed E-state index contributed by atoms with van der Waals surface area (Å²) in [6, 6.07) is 10.6. The molecule has 1 amide bonds. The highest BCUT2D eigenvalue weighted by Gasteiger charge is 2.16. The SMILES string of the molecule is NC(=O)C[CH]c1ccc(F)c(Oc2ccccc2)c1F. The molecule has 2 rings (SSSR count). The highest BCUT2D eigenvalue weighted by Crippen LogP contribution is 2.30. The monoisotopic (exact) mass is 276 g/mol. The smallest absolute Gasteiger partial charge is 0.218 e. The van der Waals surface area contributed by atoms with Crippen LogP contribution in [0.4, 0.5) is 8.78 Å². The number of nitrogens with two attached hydrogens (primary N) is 1. The first-order valence-electron chi connectivity index (χ1n) is 5.90. The van der Waals surface area contributed by atoms with Gasteiger partial charge < -0.3 is 10.5 Å². The maximum absolute atomic E-state index is 14.1. The molecule has 0 saturated heterocycles. The van der Waals surface area contributed by atoms with Gasteiger partial charge in [0.1, 0.15) is 5.75 Å². The van der Waals surface area contributed by atoms with Crippen LogP contribution >= 0.6 is 0 Å². The number of primary amides is 1. The topological polar surface area (TPSA) is 52.3 Å². The van der Waals surface area contributed by atoms with Gasteiger partial charge in [0, 0.05) is 12.8 Å². The predicted octanol–water partition coefficient (Wildman–Crippen LogP) is 3.18. The molecule has 0 unspecified atom stereocenters. The molecule has 0 spiro atoms. The van der Waals surface area contributed by atoms with Crippen molar-refractivity contribution in [2.75, 3.05) is 0 Å². The molecule has 0 aliphatic rings. The van der Waals surface area contributed by atoms with Crippen LogP contribution in [0.5, 0.6) is 11.5 Å². The number of carbonyl (C=O) groups is 1. The number of hydrogen-bond acceptors (Lipinski definition) is 2. The highest BCUT2D eigenvalue weighted by molar-refractivity contribution is 5.75. The van der Waals surface area contributed by atoms with Crippen LogP contribution in [0.3, 0.4) is 0 Å². The Hall–Kier alpha value is -2.43. The van der Waals surface area contributed by atoms with Gasteiger partial charge in [-0.15, -0.1) is 0 Å². The minimum atomic E-state index is -0.866. The number of hydrogen-bond donors (Lipinski definition) is 1. The van der Waals surface area contributed by atoms with Crippen LogP contribution in [0.1, 0.15) is 12.0 Å². The van der Waals surface area contributed by atoms with Crippen molar-refractivity contribution in [2.45, 2.75) is 6.42 Å². The second-order valence-electron chi connectivity index (χ2n) is 4.07. The largest absolute Gasteiger partial charge is 0.451 e. The Morgan fingerprint density at radius 2 is 1.85 bits per heavy atom. The first kappa shape index (κ1) is 14.0. The van der Waals surface area contributed by atoms with Crippen molar-refractivity contribution in [1.29, 1.82) is 0 Å². The van der Waals surface area contributed by atoms with Crippen molar-refractivity contribution in [1.82, 2.24) is 0 Å². The maximum Gasteiger partial charge on any atom is 0.218 e. The fraction of sp³-hybridized carbons (Fsp3) is 0.0667. The second-order valence-corrected chi connectivity index (χ2v) is 4.07. The Labute approximate surface area is 115 Å². The van der Waals surface area contributed by atoms with Crippen LogP contribution in [0.15, 0.2) is 42.5 Å². The molecule has 0 aromatic heterocycles. The van der Waals surface area contributed by atoms with E-state index in [9.17, 15) is 13.6 Å². The molecule has 0 aliphatic carbocycles. The van der Waals surface area contributed by atoms with Gasteiger partial charge in [0.15, 0.2) is 17.4 Å². The van der Waals surface area contributed by atoms with Crippen molar-refractivity contribution < 1.29 is 18.3 Å². The molecule has 3 nitrogen and oxygen atoms in total. The van der Waals surface area contributed by atoms with Crippen LogP contribution in [-0.4, -0.2) is 5.91 Å². The molecule has 0 saturated carbocycles. The van der Waals surface area contributed by atoms with Crippen LogP contribution in [0, 0.1) is 18.1 Å². The third-order valence-electron chi connectivity index (χ3n) is 2.57. The van der Waals surface area contributed by atoms with Crippen molar-refractivity contribution >= 4 is 5.91 Å². The summed E-state index contributed by atoms with van der Waals surface area (Å²) in [7, 11) is 0. The summed E-state index contributed by atoms with van der Waals surface area (Å²) in [4.78, 5) is 10.7. The minimum absolute atomic E-state index is 0.0659. The summed E-state index contributed by atoms with van der Waals surface area (Å²) in [5.74, 6) is -2.47. The van der Waals surface area contributed by atoms with Crippen LogP contribution in [0.25, 0.3) is 0 Å². The molecule has 2 aromatic carbocycles. The molecule has 0 heterocycles. The van der Waals surface area contributed by atoms with Crippen LogP contribution < -0.4 is 10.5 Å². The first-order valence-corrected chi connectivity index (χ1v) is 5.90. The summed E-state index contributed by atoms with van der Waals surface area (Å²) >= 11 is 0. The quantitative estimate of drug-likeness (QED) is 0.911. The van der Waals surface area contributed by atoms with Crippen molar-refractivity contribution in [3.8, 4) is 11.5 Å². The van der Waals surface area contributed by atoms with E-state index in [0.29, 0.717) is 5.75 Å². The number of para-hydroxylation sites is 1. The lowest BCUT2D eigenvalue weighted by atomic mass is 10.1. The van der Waals surface area contributed by atoms with E-state index in [2.05, 4.69) is 0 Å². The summed E-state index contributed by atoms with van der Waals surface area (Å²) < 4.78 is 33.0. The number of carbonyl (C=O) groups excluding carboxylic acids is 1. The Kier molecular flexibility index (Phi) is 4.30. The molecule has 1 radical (unpaired) electrons. The van der Waals surface area contributed by atoms with E-state index in [1.807, 2.05) is 0 Å². The van der Waals surface area contributed by atoms with Gasteiger partial charge in [-0.1, -0.05) is 24.3 Å². The standard InChI is InChI=1S/C15H12F2NO2/c16-12-8-6-10(7-9-13(18)19)14(17)15(12)20-11-4-2-1-3-5-11/h1-8H,9H2,(H2,18,19). The Balaban J connectivity index is 2.27. The number of ether oxygens (including phenoxy) is 1. The molecule has 5 heteroatoms. The van der Waals surface area contributed by atoms with Crippen molar-refractivity contribution in [2.24, 2.45) is 5.73 Å². The molecule has 0 aliphatic heterocycles. The molecule has 2 N–H and O–H groups in total. The van der Waals surface area contributed by atoms with Gasteiger partial charge in [-0.3, -0.25) is 4.79 Å². The first-order chi connectivity index (χ1) is 9.58. The summed E-state index contributed by atoms with van der Waals surface area (Å²) in [5.41, 5.74) is 5.05. The maximum atomic E-state index is 14.1. The fourth-order valence-electron chi connectivity index (χ4n) is 1.62. The molecule has 2 aromatic rings. The number of halogens is 2. The zero-order chi connectivity index (χ0) is 14.5. The Morgan fingerprint density at radius 3 is 2.50 bits per heavy atom. The number of rotatable bonds is 5.